The number of carboxylic acid groups (broad SMARTS) is 2. The molecule has 0 saturated carbocycles. The lowest BCUT2D eigenvalue weighted by atomic mass is 9.78. The van der Waals surface area contributed by atoms with Crippen molar-refractivity contribution in [1.29, 1.82) is 0 Å². The fraction of sp³-hybridized carbons (Fsp3) is 0.674. The summed E-state index contributed by atoms with van der Waals surface area (Å²) in [6.45, 7) is 8.73. The van der Waals surface area contributed by atoms with Crippen LogP contribution in [0.25, 0.3) is 0 Å². The van der Waals surface area contributed by atoms with Crippen LogP contribution in [0.15, 0.2) is 48.5 Å². The van der Waals surface area contributed by atoms with Gasteiger partial charge in [-0.15, -0.1) is 0 Å². The summed E-state index contributed by atoms with van der Waals surface area (Å²) in [4.78, 5) is 20.5. The SMILES string of the molecule is CC(C)(c1ccc(O)cc1)c1ccc(O)cc1.CCCCCCCCCCCCCC(=O)O.CCCCCCCCCCCCCC(=O)O. The van der Waals surface area contributed by atoms with Crippen LogP contribution in [0.1, 0.15) is 193 Å². The van der Waals surface area contributed by atoms with E-state index in [1.54, 1.807) is 24.3 Å². The maximum absolute atomic E-state index is 10.3. The number of rotatable bonds is 26. The lowest BCUT2D eigenvalue weighted by Crippen LogP contribution is -2.18. The van der Waals surface area contributed by atoms with E-state index in [0.29, 0.717) is 12.8 Å². The van der Waals surface area contributed by atoms with Crippen molar-refractivity contribution in [1.82, 2.24) is 0 Å². The first-order chi connectivity index (χ1) is 23.5. The van der Waals surface area contributed by atoms with Gasteiger partial charge >= 0.3 is 11.9 Å². The summed E-state index contributed by atoms with van der Waals surface area (Å²) in [6, 6.07) is 14.4. The molecule has 49 heavy (non-hydrogen) atoms. The molecule has 0 aliphatic heterocycles. The van der Waals surface area contributed by atoms with Crippen LogP contribution < -0.4 is 0 Å². The number of aliphatic carboxylic acids is 2. The lowest BCUT2D eigenvalue weighted by molar-refractivity contribution is -0.138. The molecule has 2 rings (SSSR count). The van der Waals surface area contributed by atoms with Gasteiger partial charge in [-0.1, -0.05) is 180 Å². The normalized spacial score (nSPS) is 10.9. The number of benzene rings is 2. The van der Waals surface area contributed by atoms with Crippen molar-refractivity contribution in [2.75, 3.05) is 0 Å². The molecule has 0 radical (unpaired) electrons. The second kappa shape index (κ2) is 31.0. The predicted molar refractivity (Wildman–Crippen MR) is 206 cm³/mol. The Bertz CT molecular complexity index is 961. The molecule has 0 aliphatic rings. The number of phenolic OH excluding ortho intramolecular Hbond substituents is 2. The Labute approximate surface area is 299 Å². The summed E-state index contributed by atoms with van der Waals surface area (Å²) in [5, 5.41) is 35.5. The maximum Gasteiger partial charge on any atom is 0.303 e. The minimum Gasteiger partial charge on any atom is -0.508 e. The third-order valence-corrected chi connectivity index (χ3v) is 9.17. The Morgan fingerprint density at radius 1 is 0.429 bits per heavy atom. The number of phenols is 2. The smallest absolute Gasteiger partial charge is 0.303 e. The second-order valence-corrected chi connectivity index (χ2v) is 14.1. The number of unbranched alkanes of at least 4 members (excludes halogenated alkanes) is 20. The monoisotopic (exact) mass is 685 g/mol. The van der Waals surface area contributed by atoms with Gasteiger partial charge in [-0.05, 0) is 48.2 Å². The third-order valence-electron chi connectivity index (χ3n) is 9.17. The molecule has 280 valence electrons. The van der Waals surface area contributed by atoms with Crippen LogP contribution in [0.2, 0.25) is 0 Å². The first kappa shape index (κ1) is 46.0. The maximum atomic E-state index is 10.3. The standard InChI is InChI=1S/C15H16O2.2C14H28O2/c1-15(2,11-3-7-13(16)8-4-11)12-5-9-14(17)10-6-12;2*1-2-3-4-5-6-7-8-9-10-11-12-13-14(15)16/h3-10,16-17H,1-2H3;2*2-13H2,1H3,(H,15,16). The molecule has 0 fully saturated rings. The third kappa shape index (κ3) is 27.5. The van der Waals surface area contributed by atoms with Crippen molar-refractivity contribution in [2.24, 2.45) is 0 Å². The Hall–Kier alpha value is -3.02. The summed E-state index contributed by atoms with van der Waals surface area (Å²) in [7, 11) is 0. The van der Waals surface area contributed by atoms with Crippen LogP contribution in [0.4, 0.5) is 0 Å². The van der Waals surface area contributed by atoms with E-state index in [1.807, 2.05) is 24.3 Å². The molecule has 0 aromatic heterocycles. The highest BCUT2D eigenvalue weighted by Crippen LogP contribution is 2.33. The number of carboxylic acids is 2. The molecule has 4 N–H and O–H groups in total. The van der Waals surface area contributed by atoms with Gasteiger partial charge in [-0.25, -0.2) is 0 Å². The van der Waals surface area contributed by atoms with E-state index in [2.05, 4.69) is 27.7 Å². The number of carbonyl (C=O) groups is 2. The van der Waals surface area contributed by atoms with Crippen molar-refractivity contribution in [3.63, 3.8) is 0 Å². The zero-order chi connectivity index (χ0) is 36.6. The molecular weight excluding hydrogens is 612 g/mol. The highest BCUT2D eigenvalue weighted by atomic mass is 16.4. The van der Waals surface area contributed by atoms with Gasteiger partial charge in [-0.3, -0.25) is 9.59 Å². The minimum atomic E-state index is -0.657. The van der Waals surface area contributed by atoms with Crippen molar-refractivity contribution < 1.29 is 30.0 Å². The van der Waals surface area contributed by atoms with E-state index in [1.165, 1.54) is 116 Å². The number of hydrogen-bond acceptors (Lipinski definition) is 4. The highest BCUT2D eigenvalue weighted by molar-refractivity contribution is 5.66. The molecule has 0 unspecified atom stereocenters. The van der Waals surface area contributed by atoms with Crippen LogP contribution in [0.3, 0.4) is 0 Å². The molecule has 0 saturated heterocycles. The lowest BCUT2D eigenvalue weighted by Gasteiger charge is -2.26. The minimum absolute atomic E-state index is 0.151. The summed E-state index contributed by atoms with van der Waals surface area (Å²) in [5.41, 5.74) is 2.10. The average Bonchev–Trinajstić information content (AvgIpc) is 3.07. The molecule has 0 atom stereocenters. The van der Waals surface area contributed by atoms with E-state index in [9.17, 15) is 19.8 Å². The first-order valence-corrected chi connectivity index (χ1v) is 19.6. The van der Waals surface area contributed by atoms with Crippen molar-refractivity contribution >= 4 is 11.9 Å². The van der Waals surface area contributed by atoms with Crippen LogP contribution in [0, 0.1) is 0 Å². The summed E-state index contributed by atoms with van der Waals surface area (Å²) < 4.78 is 0. The fourth-order valence-corrected chi connectivity index (χ4v) is 5.80. The summed E-state index contributed by atoms with van der Waals surface area (Å²) >= 11 is 0. The van der Waals surface area contributed by atoms with Gasteiger partial charge in [0.05, 0.1) is 0 Å². The summed E-state index contributed by atoms with van der Waals surface area (Å²) in [6.07, 6.45) is 28.7. The Balaban J connectivity index is 0.000000706. The van der Waals surface area contributed by atoms with Crippen LogP contribution in [-0.4, -0.2) is 32.4 Å². The Morgan fingerprint density at radius 2 is 0.653 bits per heavy atom. The molecule has 6 nitrogen and oxygen atoms in total. The largest absolute Gasteiger partial charge is 0.508 e. The van der Waals surface area contributed by atoms with E-state index < -0.39 is 11.9 Å². The predicted octanol–water partition coefficient (Wildman–Crippen LogP) is 13.0. The molecule has 0 amide bonds. The topological polar surface area (TPSA) is 115 Å². The summed E-state index contributed by atoms with van der Waals surface area (Å²) in [5.74, 6) is -0.766. The fourth-order valence-electron chi connectivity index (χ4n) is 5.80. The second-order valence-electron chi connectivity index (χ2n) is 14.1. The molecular formula is C43H72O6. The molecule has 0 bridgehead atoms. The van der Waals surface area contributed by atoms with Crippen molar-refractivity contribution in [3.05, 3.63) is 59.7 Å². The average molecular weight is 685 g/mol. The molecule has 0 spiro atoms. The zero-order valence-electron chi connectivity index (χ0n) is 31.7. The van der Waals surface area contributed by atoms with Gasteiger partial charge < -0.3 is 20.4 Å². The van der Waals surface area contributed by atoms with E-state index in [4.69, 9.17) is 10.2 Å². The van der Waals surface area contributed by atoms with Gasteiger partial charge in [0.25, 0.3) is 0 Å². The van der Waals surface area contributed by atoms with Crippen LogP contribution >= 0.6 is 0 Å². The van der Waals surface area contributed by atoms with E-state index in [-0.39, 0.29) is 16.9 Å². The first-order valence-electron chi connectivity index (χ1n) is 19.6. The van der Waals surface area contributed by atoms with Crippen LogP contribution in [0.5, 0.6) is 11.5 Å². The Morgan fingerprint density at radius 3 is 0.878 bits per heavy atom. The quantitative estimate of drug-likeness (QED) is 0.0733. The molecule has 0 heterocycles. The molecule has 2 aromatic carbocycles. The Kier molecular flexibility index (Phi) is 29.1. The number of aromatic hydroxyl groups is 2. The van der Waals surface area contributed by atoms with E-state index >= 15 is 0 Å². The molecule has 2 aromatic rings. The zero-order valence-corrected chi connectivity index (χ0v) is 31.7. The van der Waals surface area contributed by atoms with Gasteiger partial charge in [-0.2, -0.15) is 0 Å². The van der Waals surface area contributed by atoms with Gasteiger partial charge in [0, 0.05) is 18.3 Å². The molecule has 0 aliphatic carbocycles. The van der Waals surface area contributed by atoms with E-state index in [0.717, 1.165) is 36.8 Å². The molecule has 6 heteroatoms. The van der Waals surface area contributed by atoms with Gasteiger partial charge in [0.15, 0.2) is 0 Å². The van der Waals surface area contributed by atoms with Crippen molar-refractivity contribution in [3.8, 4) is 11.5 Å². The van der Waals surface area contributed by atoms with Crippen LogP contribution in [-0.2, 0) is 15.0 Å². The van der Waals surface area contributed by atoms with Gasteiger partial charge in [0.1, 0.15) is 11.5 Å². The van der Waals surface area contributed by atoms with Crippen molar-refractivity contribution in [2.45, 2.75) is 187 Å². The highest BCUT2D eigenvalue weighted by Gasteiger charge is 2.22. The number of hydrogen-bond donors (Lipinski definition) is 4. The van der Waals surface area contributed by atoms with Gasteiger partial charge in [0.2, 0.25) is 0 Å².